The standard InChI is InChI=1S/C19H16N4O6S/c24-13(21-19-20-5-6-30-19)8-11(12-3-4-14(29-12)23(27)28)22-17(25)15-9-1-2-10(7-9)16(15)18(22)26/h1-6,9-11,15-16H,7-8H2,(H,20,21,24). The van der Waals surface area contributed by atoms with Gasteiger partial charge in [-0.3, -0.25) is 29.4 Å². The second kappa shape index (κ2) is 6.87. The third-order valence-electron chi connectivity index (χ3n) is 5.99. The van der Waals surface area contributed by atoms with Crippen molar-refractivity contribution in [3.63, 3.8) is 0 Å². The Balaban J connectivity index is 1.46. The fourth-order valence-corrected chi connectivity index (χ4v) is 5.35. The second-order valence-electron chi connectivity index (χ2n) is 7.58. The first-order valence-electron chi connectivity index (χ1n) is 9.42. The third-order valence-corrected chi connectivity index (χ3v) is 6.68. The van der Waals surface area contributed by atoms with Crippen molar-refractivity contribution in [3.8, 4) is 0 Å². The average Bonchev–Trinajstić information content (AvgIpc) is 3.51. The number of allylic oxidation sites excluding steroid dienone is 2. The van der Waals surface area contributed by atoms with Crippen molar-refractivity contribution < 1.29 is 23.7 Å². The minimum atomic E-state index is -1.07. The van der Waals surface area contributed by atoms with Gasteiger partial charge in [0.2, 0.25) is 17.7 Å². The summed E-state index contributed by atoms with van der Waals surface area (Å²) in [6.07, 6.45) is 5.97. The van der Waals surface area contributed by atoms with Gasteiger partial charge < -0.3 is 9.73 Å². The largest absolute Gasteiger partial charge is 0.433 e. The van der Waals surface area contributed by atoms with Gasteiger partial charge in [-0.25, -0.2) is 4.98 Å². The highest BCUT2D eigenvalue weighted by atomic mass is 32.1. The van der Waals surface area contributed by atoms with Crippen LogP contribution < -0.4 is 5.32 Å². The molecular weight excluding hydrogens is 412 g/mol. The molecule has 3 aliphatic rings. The molecule has 1 N–H and O–H groups in total. The molecule has 3 heterocycles. The normalized spacial score (nSPS) is 27.5. The third kappa shape index (κ3) is 2.84. The lowest BCUT2D eigenvalue weighted by Gasteiger charge is -2.25. The number of hydrogen-bond donors (Lipinski definition) is 1. The summed E-state index contributed by atoms with van der Waals surface area (Å²) >= 11 is 1.23. The zero-order chi connectivity index (χ0) is 21.0. The zero-order valence-electron chi connectivity index (χ0n) is 15.5. The van der Waals surface area contributed by atoms with Crippen LogP contribution in [-0.4, -0.2) is 32.5 Å². The number of rotatable bonds is 6. The van der Waals surface area contributed by atoms with Crippen molar-refractivity contribution in [2.75, 3.05) is 5.32 Å². The van der Waals surface area contributed by atoms with E-state index in [-0.39, 0.29) is 35.8 Å². The van der Waals surface area contributed by atoms with Crippen LogP contribution in [0.5, 0.6) is 0 Å². The van der Waals surface area contributed by atoms with Crippen molar-refractivity contribution in [2.24, 2.45) is 23.7 Å². The number of hydrogen-bond acceptors (Lipinski definition) is 8. The molecule has 1 aliphatic heterocycles. The Morgan fingerprint density at radius 2 is 2.00 bits per heavy atom. The molecule has 1 saturated heterocycles. The summed E-state index contributed by atoms with van der Waals surface area (Å²) in [5.74, 6) is -2.54. The van der Waals surface area contributed by atoms with E-state index >= 15 is 0 Å². The number of nitro groups is 1. The summed E-state index contributed by atoms with van der Waals surface area (Å²) in [6, 6.07) is 1.42. The number of amides is 3. The highest BCUT2D eigenvalue weighted by molar-refractivity contribution is 7.13. The summed E-state index contributed by atoms with van der Waals surface area (Å²) in [5.41, 5.74) is 0. The zero-order valence-corrected chi connectivity index (χ0v) is 16.3. The lowest BCUT2D eigenvalue weighted by molar-refractivity contribution is -0.402. The molecule has 2 aromatic heterocycles. The van der Waals surface area contributed by atoms with E-state index in [9.17, 15) is 24.5 Å². The molecular formula is C19H16N4O6S. The Morgan fingerprint density at radius 3 is 2.57 bits per heavy atom. The van der Waals surface area contributed by atoms with Crippen molar-refractivity contribution in [1.29, 1.82) is 0 Å². The number of imide groups is 1. The van der Waals surface area contributed by atoms with Gasteiger partial charge in [0.05, 0.1) is 24.3 Å². The molecule has 0 radical (unpaired) electrons. The molecule has 1 saturated carbocycles. The van der Waals surface area contributed by atoms with Crippen LogP contribution in [0.4, 0.5) is 11.0 Å². The number of thiazole rings is 1. The van der Waals surface area contributed by atoms with Gasteiger partial charge in [-0.05, 0) is 24.3 Å². The fraction of sp³-hybridized carbons (Fsp3) is 0.368. The highest BCUT2D eigenvalue weighted by Gasteiger charge is 2.61. The molecule has 5 unspecified atom stereocenters. The van der Waals surface area contributed by atoms with E-state index in [2.05, 4.69) is 10.3 Å². The van der Waals surface area contributed by atoms with Gasteiger partial charge in [-0.15, -0.1) is 11.3 Å². The summed E-state index contributed by atoms with van der Waals surface area (Å²) in [7, 11) is 0. The number of nitrogens with zero attached hydrogens (tertiary/aromatic N) is 3. The summed E-state index contributed by atoms with van der Waals surface area (Å²) in [6.45, 7) is 0. The first kappa shape index (κ1) is 18.7. The Labute approximate surface area is 173 Å². The van der Waals surface area contributed by atoms with Gasteiger partial charge >= 0.3 is 5.88 Å². The molecule has 2 aliphatic carbocycles. The van der Waals surface area contributed by atoms with Crippen LogP contribution >= 0.6 is 11.3 Å². The number of nitrogens with one attached hydrogen (secondary N) is 1. The summed E-state index contributed by atoms with van der Waals surface area (Å²) in [4.78, 5) is 54.4. The number of furan rings is 1. The van der Waals surface area contributed by atoms with Crippen LogP contribution in [0, 0.1) is 33.8 Å². The molecule has 0 spiro atoms. The Morgan fingerprint density at radius 1 is 1.30 bits per heavy atom. The van der Waals surface area contributed by atoms with Crippen molar-refractivity contribution >= 4 is 40.1 Å². The SMILES string of the molecule is O=C(CC(c1ccc([N+](=O)[O-])o1)N1C(=O)C2C3C=CC(C3)C2C1=O)Nc1nccs1. The number of carbonyl (C=O) groups excluding carboxylic acids is 3. The van der Waals surface area contributed by atoms with Crippen LogP contribution in [0.1, 0.15) is 24.6 Å². The van der Waals surface area contributed by atoms with Crippen molar-refractivity contribution in [2.45, 2.75) is 18.9 Å². The predicted octanol–water partition coefficient (Wildman–Crippen LogP) is 2.52. The number of likely N-dealkylation sites (tertiary alicyclic amines) is 1. The van der Waals surface area contributed by atoms with Gasteiger partial charge in [0.1, 0.15) is 16.7 Å². The van der Waals surface area contributed by atoms with E-state index in [1.165, 1.54) is 23.6 Å². The Bertz CT molecular complexity index is 1050. The number of fused-ring (bicyclic) bond motifs is 5. The van der Waals surface area contributed by atoms with E-state index in [0.29, 0.717) is 5.13 Å². The smallest absolute Gasteiger partial charge is 0.404 e. The van der Waals surface area contributed by atoms with E-state index in [1.54, 1.807) is 5.38 Å². The van der Waals surface area contributed by atoms with Gasteiger partial charge in [0, 0.05) is 11.6 Å². The molecule has 30 heavy (non-hydrogen) atoms. The number of anilines is 1. The van der Waals surface area contributed by atoms with E-state index < -0.39 is 34.6 Å². The Hall–Kier alpha value is -3.34. The molecule has 5 rings (SSSR count). The maximum atomic E-state index is 13.2. The second-order valence-corrected chi connectivity index (χ2v) is 8.48. The topological polar surface area (TPSA) is 136 Å². The van der Waals surface area contributed by atoms with Crippen LogP contribution in [0.3, 0.4) is 0 Å². The highest BCUT2D eigenvalue weighted by Crippen LogP contribution is 2.54. The molecule has 154 valence electrons. The molecule has 5 atom stereocenters. The first-order chi connectivity index (χ1) is 14.4. The van der Waals surface area contributed by atoms with Crippen LogP contribution in [0.2, 0.25) is 0 Å². The number of carbonyl (C=O) groups is 3. The lowest BCUT2D eigenvalue weighted by Crippen LogP contribution is -2.38. The minimum absolute atomic E-state index is 0.0113. The monoisotopic (exact) mass is 428 g/mol. The molecule has 3 amide bonds. The fourth-order valence-electron chi connectivity index (χ4n) is 4.80. The summed E-state index contributed by atoms with van der Waals surface area (Å²) < 4.78 is 5.29. The average molecular weight is 428 g/mol. The van der Waals surface area contributed by atoms with Crippen molar-refractivity contribution in [3.05, 3.63) is 51.7 Å². The van der Waals surface area contributed by atoms with E-state index in [1.807, 2.05) is 12.2 Å². The molecule has 10 nitrogen and oxygen atoms in total. The maximum absolute atomic E-state index is 13.2. The summed E-state index contributed by atoms with van der Waals surface area (Å²) in [5, 5.41) is 15.7. The maximum Gasteiger partial charge on any atom is 0.433 e. The molecule has 2 bridgehead atoms. The van der Waals surface area contributed by atoms with Crippen molar-refractivity contribution in [1.82, 2.24) is 9.88 Å². The quantitative estimate of drug-likeness (QED) is 0.323. The molecule has 0 aromatic carbocycles. The number of aromatic nitrogens is 1. The molecule has 2 aromatic rings. The van der Waals surface area contributed by atoms with Gasteiger partial charge in [0.25, 0.3) is 0 Å². The minimum Gasteiger partial charge on any atom is -0.404 e. The lowest BCUT2D eigenvalue weighted by atomic mass is 9.85. The van der Waals surface area contributed by atoms with E-state index in [4.69, 9.17) is 4.42 Å². The van der Waals surface area contributed by atoms with Crippen LogP contribution in [-0.2, 0) is 14.4 Å². The predicted molar refractivity (Wildman–Crippen MR) is 103 cm³/mol. The van der Waals surface area contributed by atoms with E-state index in [0.717, 1.165) is 17.4 Å². The van der Waals surface area contributed by atoms with Crippen LogP contribution in [0.15, 0.2) is 40.3 Å². The van der Waals surface area contributed by atoms with Gasteiger partial charge in [0.15, 0.2) is 5.13 Å². The molecule has 2 fully saturated rings. The van der Waals surface area contributed by atoms with Gasteiger partial charge in [-0.2, -0.15) is 0 Å². The van der Waals surface area contributed by atoms with Gasteiger partial charge in [-0.1, -0.05) is 12.2 Å². The first-order valence-corrected chi connectivity index (χ1v) is 10.3. The Kier molecular flexibility index (Phi) is 4.28. The van der Waals surface area contributed by atoms with Crippen LogP contribution in [0.25, 0.3) is 0 Å². The molecule has 11 heteroatoms.